The molecule has 8 nitrogen and oxygen atoms in total. The van der Waals surface area contributed by atoms with Gasteiger partial charge in [-0.15, -0.1) is 0 Å². The van der Waals surface area contributed by atoms with Gasteiger partial charge in [0, 0.05) is 38.3 Å². The largest absolute Gasteiger partial charge is 0.481 e. The van der Waals surface area contributed by atoms with Gasteiger partial charge < -0.3 is 15.0 Å². The van der Waals surface area contributed by atoms with Crippen LogP contribution in [0.5, 0.6) is 0 Å². The zero-order valence-corrected chi connectivity index (χ0v) is 11.7. The number of hydrogen-bond acceptors (Lipinski definition) is 4. The van der Waals surface area contributed by atoms with Crippen LogP contribution in [0.1, 0.15) is 32.1 Å². The molecule has 0 atom stereocenters. The molecule has 1 aromatic rings. The van der Waals surface area contributed by atoms with Gasteiger partial charge in [0.15, 0.2) is 0 Å². The molecule has 3 amide bonds. The van der Waals surface area contributed by atoms with E-state index in [1.807, 2.05) is 10.8 Å². The summed E-state index contributed by atoms with van der Waals surface area (Å²) in [5.74, 6) is -1.42. The lowest BCUT2D eigenvalue weighted by Crippen LogP contribution is -2.39. The van der Waals surface area contributed by atoms with Crippen LogP contribution in [-0.2, 0) is 16.1 Å². The van der Waals surface area contributed by atoms with Crippen LogP contribution in [0.15, 0.2) is 18.7 Å². The molecule has 116 valence electrons. The van der Waals surface area contributed by atoms with Crippen molar-refractivity contribution in [1.29, 1.82) is 0 Å². The number of carbonyl (C=O) groups is 3. The second kappa shape index (κ2) is 9.51. The van der Waals surface area contributed by atoms with E-state index in [1.165, 1.54) is 0 Å². The summed E-state index contributed by atoms with van der Waals surface area (Å²) in [7, 11) is 0. The van der Waals surface area contributed by atoms with Crippen molar-refractivity contribution < 1.29 is 19.5 Å². The Bertz CT molecular complexity index is 459. The molecule has 0 aliphatic rings. The van der Waals surface area contributed by atoms with Crippen molar-refractivity contribution in [2.45, 2.75) is 38.6 Å². The number of nitrogens with one attached hydrogen (secondary N) is 2. The molecule has 1 rings (SSSR count). The van der Waals surface area contributed by atoms with Gasteiger partial charge in [-0.3, -0.25) is 14.9 Å². The smallest absolute Gasteiger partial charge is 0.321 e. The van der Waals surface area contributed by atoms with Crippen molar-refractivity contribution >= 4 is 17.9 Å². The first-order valence-electron chi connectivity index (χ1n) is 6.83. The molecule has 0 aliphatic heterocycles. The Hall–Kier alpha value is -2.38. The minimum absolute atomic E-state index is 0.0281. The summed E-state index contributed by atoms with van der Waals surface area (Å²) >= 11 is 0. The minimum Gasteiger partial charge on any atom is -0.481 e. The molecular weight excluding hydrogens is 276 g/mol. The molecule has 0 spiro atoms. The van der Waals surface area contributed by atoms with Gasteiger partial charge in [0.2, 0.25) is 5.91 Å². The monoisotopic (exact) mass is 296 g/mol. The summed E-state index contributed by atoms with van der Waals surface area (Å²) in [6, 6.07) is -0.544. The third-order valence-corrected chi connectivity index (χ3v) is 2.74. The summed E-state index contributed by atoms with van der Waals surface area (Å²) in [6.07, 6.45) is 7.17. The topological polar surface area (TPSA) is 113 Å². The number of hydrogen-bond donors (Lipinski definition) is 3. The van der Waals surface area contributed by atoms with E-state index >= 15 is 0 Å². The molecular formula is C13H20N4O4. The molecule has 0 aliphatic carbocycles. The lowest BCUT2D eigenvalue weighted by Gasteiger charge is -2.06. The molecule has 3 N–H and O–H groups in total. The zero-order chi connectivity index (χ0) is 15.5. The molecule has 0 unspecified atom stereocenters. The van der Waals surface area contributed by atoms with Crippen molar-refractivity contribution in [3.63, 3.8) is 0 Å². The van der Waals surface area contributed by atoms with Crippen molar-refractivity contribution in [3.05, 3.63) is 18.7 Å². The number of imide groups is 1. The first kappa shape index (κ1) is 16.7. The molecule has 0 saturated carbocycles. The van der Waals surface area contributed by atoms with Crippen LogP contribution in [0.25, 0.3) is 0 Å². The summed E-state index contributed by atoms with van der Waals surface area (Å²) in [5.41, 5.74) is 0. The van der Waals surface area contributed by atoms with E-state index in [2.05, 4.69) is 15.6 Å². The SMILES string of the molecule is O=C(O)CCCC(=O)NC(=O)NCCCCn1ccnc1. The highest BCUT2D eigenvalue weighted by Gasteiger charge is 2.07. The van der Waals surface area contributed by atoms with Gasteiger partial charge in [-0.05, 0) is 19.3 Å². The Morgan fingerprint density at radius 3 is 2.62 bits per heavy atom. The number of aliphatic carboxylic acids is 1. The number of rotatable bonds is 9. The quantitative estimate of drug-likeness (QED) is 0.582. The third kappa shape index (κ3) is 8.40. The van der Waals surface area contributed by atoms with Gasteiger partial charge in [0.1, 0.15) is 0 Å². The average molecular weight is 296 g/mol. The van der Waals surface area contributed by atoms with Crippen molar-refractivity contribution in [2.24, 2.45) is 0 Å². The Morgan fingerprint density at radius 1 is 1.14 bits per heavy atom. The van der Waals surface area contributed by atoms with Crippen LogP contribution >= 0.6 is 0 Å². The lowest BCUT2D eigenvalue weighted by molar-refractivity contribution is -0.137. The Kier molecular flexibility index (Phi) is 7.55. The van der Waals surface area contributed by atoms with Crippen LogP contribution < -0.4 is 10.6 Å². The predicted octanol–water partition coefficient (Wildman–Crippen LogP) is 0.744. The molecule has 0 aromatic carbocycles. The fourth-order valence-electron chi connectivity index (χ4n) is 1.67. The maximum Gasteiger partial charge on any atom is 0.321 e. The summed E-state index contributed by atoms with van der Waals surface area (Å²) in [4.78, 5) is 36.9. The van der Waals surface area contributed by atoms with E-state index in [-0.39, 0.29) is 19.3 Å². The first-order valence-corrected chi connectivity index (χ1v) is 6.83. The van der Waals surface area contributed by atoms with E-state index in [0.717, 1.165) is 19.4 Å². The van der Waals surface area contributed by atoms with Crippen LogP contribution in [0.3, 0.4) is 0 Å². The molecule has 0 bridgehead atoms. The first-order chi connectivity index (χ1) is 10.1. The number of amides is 3. The number of carbonyl (C=O) groups excluding carboxylic acids is 2. The maximum atomic E-state index is 11.4. The fourth-order valence-corrected chi connectivity index (χ4v) is 1.67. The second-order valence-corrected chi connectivity index (χ2v) is 4.56. The zero-order valence-electron chi connectivity index (χ0n) is 11.7. The van der Waals surface area contributed by atoms with Crippen LogP contribution in [0.4, 0.5) is 4.79 Å². The van der Waals surface area contributed by atoms with Gasteiger partial charge in [-0.25, -0.2) is 9.78 Å². The van der Waals surface area contributed by atoms with Gasteiger partial charge in [-0.2, -0.15) is 0 Å². The third-order valence-electron chi connectivity index (χ3n) is 2.74. The van der Waals surface area contributed by atoms with E-state index in [4.69, 9.17) is 5.11 Å². The van der Waals surface area contributed by atoms with Crippen LogP contribution in [0.2, 0.25) is 0 Å². The number of urea groups is 1. The van der Waals surface area contributed by atoms with Gasteiger partial charge in [0.05, 0.1) is 6.33 Å². The summed E-state index contributed by atoms with van der Waals surface area (Å²) in [6.45, 7) is 1.31. The van der Waals surface area contributed by atoms with Crippen molar-refractivity contribution in [2.75, 3.05) is 6.54 Å². The number of unbranched alkanes of at least 4 members (excludes halogenated alkanes) is 1. The number of imidazole rings is 1. The Morgan fingerprint density at radius 2 is 1.95 bits per heavy atom. The number of nitrogens with zero attached hydrogens (tertiary/aromatic N) is 2. The van der Waals surface area contributed by atoms with E-state index in [1.54, 1.807) is 12.5 Å². The standard InChI is InChI=1S/C13H20N4O4/c18-11(4-3-5-12(19)20)16-13(21)15-6-1-2-8-17-9-7-14-10-17/h7,9-10H,1-6,8H2,(H,19,20)(H2,15,16,18,21). The van der Waals surface area contributed by atoms with Gasteiger partial charge in [-0.1, -0.05) is 0 Å². The van der Waals surface area contributed by atoms with Crippen molar-refractivity contribution in [3.8, 4) is 0 Å². The highest BCUT2D eigenvalue weighted by molar-refractivity contribution is 5.94. The summed E-state index contributed by atoms with van der Waals surface area (Å²) < 4.78 is 1.95. The predicted molar refractivity (Wildman–Crippen MR) is 74.5 cm³/mol. The number of carboxylic acids is 1. The highest BCUT2D eigenvalue weighted by Crippen LogP contribution is 1.95. The van der Waals surface area contributed by atoms with Gasteiger partial charge in [0.25, 0.3) is 0 Å². The number of aromatic nitrogens is 2. The Labute approximate surface area is 122 Å². The number of carboxylic acid groups (broad SMARTS) is 1. The second-order valence-electron chi connectivity index (χ2n) is 4.56. The van der Waals surface area contributed by atoms with Crippen LogP contribution in [-0.4, -0.2) is 39.1 Å². The van der Waals surface area contributed by atoms with Crippen molar-refractivity contribution in [1.82, 2.24) is 20.2 Å². The normalized spacial score (nSPS) is 10.1. The van der Waals surface area contributed by atoms with E-state index in [9.17, 15) is 14.4 Å². The van der Waals surface area contributed by atoms with E-state index in [0.29, 0.717) is 6.54 Å². The minimum atomic E-state index is -0.954. The van der Waals surface area contributed by atoms with Crippen LogP contribution in [0, 0.1) is 0 Å². The van der Waals surface area contributed by atoms with Gasteiger partial charge >= 0.3 is 12.0 Å². The molecule has 8 heteroatoms. The number of aryl methyl sites for hydroxylation is 1. The molecule has 21 heavy (non-hydrogen) atoms. The lowest BCUT2D eigenvalue weighted by atomic mass is 10.2. The molecule has 0 saturated heterocycles. The molecule has 0 radical (unpaired) electrons. The fraction of sp³-hybridized carbons (Fsp3) is 0.538. The highest BCUT2D eigenvalue weighted by atomic mass is 16.4. The average Bonchev–Trinajstić information content (AvgIpc) is 2.91. The molecule has 1 aromatic heterocycles. The van der Waals surface area contributed by atoms with E-state index < -0.39 is 17.9 Å². The molecule has 1 heterocycles. The summed E-state index contributed by atoms with van der Waals surface area (Å²) in [5, 5.41) is 13.2. The maximum absolute atomic E-state index is 11.4. The Balaban J connectivity index is 2.00. The molecule has 0 fully saturated rings.